The van der Waals surface area contributed by atoms with Crippen LogP contribution in [0.3, 0.4) is 0 Å². The summed E-state index contributed by atoms with van der Waals surface area (Å²) in [4.78, 5) is 0. The van der Waals surface area contributed by atoms with Crippen molar-refractivity contribution in [2.75, 3.05) is 0 Å². The van der Waals surface area contributed by atoms with Crippen molar-refractivity contribution >= 4 is 15.9 Å². The zero-order chi connectivity index (χ0) is 7.56. The van der Waals surface area contributed by atoms with Crippen molar-refractivity contribution < 1.29 is 0 Å². The summed E-state index contributed by atoms with van der Waals surface area (Å²) in [5.74, 6) is 0. The summed E-state index contributed by atoms with van der Waals surface area (Å²) in [6.45, 7) is 4.28. The lowest BCUT2D eigenvalue weighted by atomic mass is 10.1. The van der Waals surface area contributed by atoms with E-state index in [-0.39, 0.29) is 0 Å². The Labute approximate surface area is 70.4 Å². The molecule has 0 radical (unpaired) electrons. The minimum absolute atomic E-state index is 1.10. The van der Waals surface area contributed by atoms with E-state index in [1.165, 1.54) is 15.6 Å². The first-order chi connectivity index (χ1) is 4.74. The lowest BCUT2D eigenvalue weighted by molar-refractivity contribution is 1.12. The van der Waals surface area contributed by atoms with E-state index < -0.39 is 0 Å². The number of benzene rings is 1. The fourth-order valence-corrected chi connectivity index (χ4v) is 1.50. The fraction of sp³-hybridized carbons (Fsp3) is 0.333. The van der Waals surface area contributed by atoms with Gasteiger partial charge >= 0.3 is 0 Å². The lowest BCUT2D eigenvalue weighted by Gasteiger charge is -2.00. The summed E-state index contributed by atoms with van der Waals surface area (Å²) >= 11 is 3.49. The lowest BCUT2D eigenvalue weighted by Crippen LogP contribution is -1.82. The van der Waals surface area contributed by atoms with Gasteiger partial charge in [0.2, 0.25) is 0 Å². The first-order valence-electron chi connectivity index (χ1n) is 3.49. The maximum atomic E-state index is 3.49. The topological polar surface area (TPSA) is 0 Å². The highest BCUT2D eigenvalue weighted by atomic mass is 79.9. The molecule has 1 aromatic carbocycles. The zero-order valence-corrected chi connectivity index (χ0v) is 7.90. The van der Waals surface area contributed by atoms with Crippen LogP contribution in [0.25, 0.3) is 0 Å². The van der Waals surface area contributed by atoms with E-state index in [1.54, 1.807) is 0 Å². The van der Waals surface area contributed by atoms with Crippen LogP contribution in [0.5, 0.6) is 0 Å². The summed E-state index contributed by atoms with van der Waals surface area (Å²) in [6.07, 6.45) is 1.10. The number of rotatable bonds is 1. The summed E-state index contributed by atoms with van der Waals surface area (Å²) in [6, 6.07) is 6.43. The molecule has 1 rings (SSSR count). The highest BCUT2D eigenvalue weighted by Gasteiger charge is 1.95. The predicted octanol–water partition coefficient (Wildman–Crippen LogP) is 3.32. The van der Waals surface area contributed by atoms with E-state index in [0.29, 0.717) is 0 Å². The number of halogens is 1. The van der Waals surface area contributed by atoms with Gasteiger partial charge in [-0.25, -0.2) is 0 Å². The molecule has 0 fully saturated rings. The molecule has 0 unspecified atom stereocenters. The van der Waals surface area contributed by atoms with Crippen LogP contribution >= 0.6 is 15.9 Å². The second-order valence-corrected chi connectivity index (χ2v) is 3.30. The summed E-state index contributed by atoms with van der Waals surface area (Å²) in [7, 11) is 0. The van der Waals surface area contributed by atoms with Crippen molar-refractivity contribution in [3.05, 3.63) is 33.8 Å². The second kappa shape index (κ2) is 3.20. The quantitative estimate of drug-likeness (QED) is 0.650. The van der Waals surface area contributed by atoms with Gasteiger partial charge in [0, 0.05) is 4.47 Å². The number of hydrogen-bond acceptors (Lipinski definition) is 0. The molecule has 0 atom stereocenters. The molecule has 0 aliphatic rings. The van der Waals surface area contributed by atoms with Crippen molar-refractivity contribution in [1.82, 2.24) is 0 Å². The van der Waals surface area contributed by atoms with Gasteiger partial charge in [0.1, 0.15) is 0 Å². The third-order valence-corrected chi connectivity index (χ3v) is 2.36. The van der Waals surface area contributed by atoms with Gasteiger partial charge in [0.15, 0.2) is 0 Å². The Hall–Kier alpha value is -0.300. The van der Waals surface area contributed by atoms with Crippen LogP contribution < -0.4 is 0 Å². The molecule has 0 heterocycles. The Bertz CT molecular complexity index is 228. The molecule has 0 nitrogen and oxygen atoms in total. The normalized spacial score (nSPS) is 9.90. The maximum Gasteiger partial charge on any atom is 0.0207 e. The van der Waals surface area contributed by atoms with Crippen molar-refractivity contribution in [2.24, 2.45) is 0 Å². The zero-order valence-electron chi connectivity index (χ0n) is 6.32. The van der Waals surface area contributed by atoms with Crippen LogP contribution in [0, 0.1) is 6.92 Å². The monoisotopic (exact) mass is 198 g/mol. The molecule has 1 heteroatoms. The van der Waals surface area contributed by atoms with Gasteiger partial charge in [0.25, 0.3) is 0 Å². The first kappa shape index (κ1) is 7.80. The van der Waals surface area contributed by atoms with E-state index in [4.69, 9.17) is 0 Å². The molecule has 1 aromatic rings. The van der Waals surface area contributed by atoms with Crippen molar-refractivity contribution in [3.63, 3.8) is 0 Å². The van der Waals surface area contributed by atoms with Gasteiger partial charge in [-0.3, -0.25) is 0 Å². The Morgan fingerprint density at radius 1 is 1.40 bits per heavy atom. The number of aryl methyl sites for hydroxylation is 2. The molecule has 0 bridgehead atoms. The average Bonchev–Trinajstić information content (AvgIpc) is 1.94. The number of hydrogen-bond donors (Lipinski definition) is 0. The molecule has 0 N–H and O–H groups in total. The molecule has 10 heavy (non-hydrogen) atoms. The highest BCUT2D eigenvalue weighted by Crippen LogP contribution is 2.17. The molecular weight excluding hydrogens is 188 g/mol. The van der Waals surface area contributed by atoms with Crippen LogP contribution in [0.2, 0.25) is 0 Å². The third-order valence-electron chi connectivity index (χ3n) is 1.58. The average molecular weight is 199 g/mol. The second-order valence-electron chi connectivity index (χ2n) is 2.45. The van der Waals surface area contributed by atoms with Gasteiger partial charge in [-0.1, -0.05) is 40.5 Å². The van der Waals surface area contributed by atoms with Gasteiger partial charge < -0.3 is 0 Å². The van der Waals surface area contributed by atoms with Crippen LogP contribution in [-0.4, -0.2) is 0 Å². The Morgan fingerprint density at radius 2 is 2.10 bits per heavy atom. The largest absolute Gasteiger partial charge is 0.0613 e. The maximum absolute atomic E-state index is 3.49. The molecule has 54 valence electrons. The van der Waals surface area contributed by atoms with E-state index in [1.807, 2.05) is 0 Å². The van der Waals surface area contributed by atoms with Gasteiger partial charge in [-0.05, 0) is 25.0 Å². The van der Waals surface area contributed by atoms with Crippen molar-refractivity contribution in [3.8, 4) is 0 Å². The molecule has 0 saturated carbocycles. The predicted molar refractivity (Wildman–Crippen MR) is 48.3 cm³/mol. The summed E-state index contributed by atoms with van der Waals surface area (Å²) < 4.78 is 1.22. The SMILES string of the molecule is CCc1cc(C)ccc1Br. The highest BCUT2D eigenvalue weighted by molar-refractivity contribution is 9.10. The van der Waals surface area contributed by atoms with Gasteiger partial charge in [-0.15, -0.1) is 0 Å². The van der Waals surface area contributed by atoms with Crippen LogP contribution in [0.15, 0.2) is 22.7 Å². The smallest absolute Gasteiger partial charge is 0.0207 e. The third kappa shape index (κ3) is 1.60. The first-order valence-corrected chi connectivity index (χ1v) is 4.28. The van der Waals surface area contributed by atoms with Crippen LogP contribution in [-0.2, 0) is 6.42 Å². The Balaban J connectivity index is 3.09. The Morgan fingerprint density at radius 3 is 2.60 bits per heavy atom. The molecule has 0 spiro atoms. The minimum atomic E-state index is 1.10. The summed E-state index contributed by atoms with van der Waals surface area (Å²) in [5.41, 5.74) is 2.72. The fourth-order valence-electron chi connectivity index (χ4n) is 0.974. The summed E-state index contributed by atoms with van der Waals surface area (Å²) in [5, 5.41) is 0. The molecular formula is C9H11Br. The van der Waals surface area contributed by atoms with E-state index in [2.05, 4.69) is 48.0 Å². The van der Waals surface area contributed by atoms with E-state index in [0.717, 1.165) is 6.42 Å². The van der Waals surface area contributed by atoms with Gasteiger partial charge in [-0.2, -0.15) is 0 Å². The standard InChI is InChI=1S/C9H11Br/c1-3-8-6-7(2)4-5-9(8)10/h4-6H,3H2,1-2H3. The molecule has 0 aromatic heterocycles. The molecule has 0 aliphatic heterocycles. The Kier molecular flexibility index (Phi) is 2.50. The van der Waals surface area contributed by atoms with Crippen LogP contribution in [0.4, 0.5) is 0 Å². The molecule has 0 saturated heterocycles. The van der Waals surface area contributed by atoms with Crippen LogP contribution in [0.1, 0.15) is 18.1 Å². The van der Waals surface area contributed by atoms with Gasteiger partial charge in [0.05, 0.1) is 0 Å². The minimum Gasteiger partial charge on any atom is -0.0613 e. The molecule has 0 amide bonds. The van der Waals surface area contributed by atoms with Crippen molar-refractivity contribution in [1.29, 1.82) is 0 Å². The van der Waals surface area contributed by atoms with E-state index in [9.17, 15) is 0 Å². The van der Waals surface area contributed by atoms with E-state index >= 15 is 0 Å². The van der Waals surface area contributed by atoms with Crippen molar-refractivity contribution in [2.45, 2.75) is 20.3 Å². The molecule has 0 aliphatic carbocycles.